The normalized spacial score (nSPS) is 13.1. The third kappa shape index (κ3) is 3.46. The second kappa shape index (κ2) is 5.80. The summed E-state index contributed by atoms with van der Waals surface area (Å²) in [6.07, 6.45) is 0.530. The summed E-state index contributed by atoms with van der Waals surface area (Å²) in [5.41, 5.74) is 1.10. The zero-order valence-corrected chi connectivity index (χ0v) is 10.6. The fourth-order valence-electron chi connectivity index (χ4n) is 2.16. The minimum Gasteiger partial charge on any atom is -0.300 e. The summed E-state index contributed by atoms with van der Waals surface area (Å²) in [5, 5.41) is 0. The maximum absolute atomic E-state index is 12.2. The summed E-state index contributed by atoms with van der Waals surface area (Å²) in [5.74, 6) is 0.650. The molecular formula is C14H21NO. The fraction of sp³-hybridized carbons (Fsp3) is 0.500. The molecule has 0 saturated carbocycles. The Morgan fingerprint density at radius 1 is 1.19 bits per heavy atom. The van der Waals surface area contributed by atoms with Gasteiger partial charge in [-0.15, -0.1) is 0 Å². The van der Waals surface area contributed by atoms with E-state index in [1.807, 2.05) is 49.3 Å². The van der Waals surface area contributed by atoms with Crippen molar-refractivity contribution in [3.05, 3.63) is 35.9 Å². The molecule has 0 fully saturated rings. The third-order valence-corrected chi connectivity index (χ3v) is 2.74. The van der Waals surface area contributed by atoms with Crippen molar-refractivity contribution in [3.63, 3.8) is 0 Å². The molecule has 1 atom stereocenters. The highest BCUT2D eigenvalue weighted by Crippen LogP contribution is 2.12. The summed E-state index contributed by atoms with van der Waals surface area (Å²) in [6.45, 7) is 4.18. The standard InChI is InChI=1S/C14H21NO/c1-11(2)14(15(3)4)13(16)10-12-8-6-5-7-9-12/h5-9,11,14H,10H2,1-4H3. The number of likely N-dealkylation sites (N-methyl/N-ethyl adjacent to an activating group) is 1. The van der Waals surface area contributed by atoms with Crippen LogP contribution in [0.1, 0.15) is 19.4 Å². The number of carbonyl (C=O) groups is 1. The van der Waals surface area contributed by atoms with Crippen LogP contribution in [-0.2, 0) is 11.2 Å². The van der Waals surface area contributed by atoms with Gasteiger partial charge < -0.3 is 0 Å². The van der Waals surface area contributed by atoms with Crippen LogP contribution in [0.4, 0.5) is 0 Å². The predicted molar refractivity (Wildman–Crippen MR) is 67.5 cm³/mol. The minimum absolute atomic E-state index is 0.0141. The summed E-state index contributed by atoms with van der Waals surface area (Å²) in [4.78, 5) is 14.2. The van der Waals surface area contributed by atoms with E-state index < -0.39 is 0 Å². The first kappa shape index (κ1) is 12.9. The lowest BCUT2D eigenvalue weighted by Gasteiger charge is -2.26. The van der Waals surface area contributed by atoms with Crippen molar-refractivity contribution in [2.24, 2.45) is 5.92 Å². The number of ketones is 1. The average molecular weight is 219 g/mol. The van der Waals surface area contributed by atoms with Crippen molar-refractivity contribution in [2.45, 2.75) is 26.3 Å². The van der Waals surface area contributed by atoms with Crippen LogP contribution >= 0.6 is 0 Å². The molecule has 0 amide bonds. The molecule has 1 rings (SSSR count). The summed E-state index contributed by atoms with van der Waals surface area (Å²) >= 11 is 0. The van der Waals surface area contributed by atoms with Crippen molar-refractivity contribution >= 4 is 5.78 Å². The van der Waals surface area contributed by atoms with E-state index in [4.69, 9.17) is 0 Å². The molecule has 88 valence electrons. The maximum Gasteiger partial charge on any atom is 0.154 e. The molecule has 1 aromatic rings. The number of Topliss-reactive ketones (excluding diaryl/α,β-unsaturated/α-hetero) is 1. The summed E-state index contributed by atoms with van der Waals surface area (Å²) in [7, 11) is 3.93. The lowest BCUT2D eigenvalue weighted by molar-refractivity contribution is -0.124. The van der Waals surface area contributed by atoms with Crippen LogP contribution in [0.25, 0.3) is 0 Å². The highest BCUT2D eigenvalue weighted by atomic mass is 16.1. The molecule has 0 aromatic heterocycles. The number of rotatable bonds is 5. The molecule has 0 bridgehead atoms. The van der Waals surface area contributed by atoms with Gasteiger partial charge in [-0.05, 0) is 25.6 Å². The van der Waals surface area contributed by atoms with Gasteiger partial charge in [0, 0.05) is 6.42 Å². The second-order valence-electron chi connectivity index (χ2n) is 4.78. The van der Waals surface area contributed by atoms with Crippen LogP contribution in [0.3, 0.4) is 0 Å². The highest BCUT2D eigenvalue weighted by Gasteiger charge is 2.23. The molecule has 1 unspecified atom stereocenters. The monoisotopic (exact) mass is 219 g/mol. The molecule has 0 saturated heterocycles. The number of benzene rings is 1. The van der Waals surface area contributed by atoms with Crippen LogP contribution in [0.15, 0.2) is 30.3 Å². The first-order chi connectivity index (χ1) is 7.52. The number of hydrogen-bond donors (Lipinski definition) is 0. The molecule has 0 N–H and O–H groups in total. The second-order valence-corrected chi connectivity index (χ2v) is 4.78. The summed E-state index contributed by atoms with van der Waals surface area (Å²) < 4.78 is 0. The smallest absolute Gasteiger partial charge is 0.154 e. The van der Waals surface area contributed by atoms with E-state index in [0.717, 1.165) is 5.56 Å². The summed E-state index contributed by atoms with van der Waals surface area (Å²) in [6, 6.07) is 9.95. The Morgan fingerprint density at radius 3 is 2.19 bits per heavy atom. The van der Waals surface area contributed by atoms with Gasteiger partial charge in [0.25, 0.3) is 0 Å². The van der Waals surface area contributed by atoms with E-state index >= 15 is 0 Å². The van der Waals surface area contributed by atoms with Crippen molar-refractivity contribution < 1.29 is 4.79 Å². The van der Waals surface area contributed by atoms with Gasteiger partial charge in [0.2, 0.25) is 0 Å². The van der Waals surface area contributed by atoms with E-state index in [0.29, 0.717) is 18.1 Å². The van der Waals surface area contributed by atoms with Crippen LogP contribution < -0.4 is 0 Å². The molecule has 2 nitrogen and oxygen atoms in total. The van der Waals surface area contributed by atoms with Gasteiger partial charge in [0.1, 0.15) is 0 Å². The Labute approximate surface area is 98.3 Å². The van der Waals surface area contributed by atoms with Gasteiger partial charge in [-0.2, -0.15) is 0 Å². The predicted octanol–water partition coefficient (Wildman–Crippen LogP) is 2.38. The molecule has 0 radical (unpaired) electrons. The van der Waals surface area contributed by atoms with E-state index in [9.17, 15) is 4.79 Å². The van der Waals surface area contributed by atoms with E-state index in [1.54, 1.807) is 0 Å². The van der Waals surface area contributed by atoms with Gasteiger partial charge in [-0.25, -0.2) is 0 Å². The minimum atomic E-state index is 0.0141. The molecule has 2 heteroatoms. The topological polar surface area (TPSA) is 20.3 Å². The molecule has 0 aliphatic heterocycles. The highest BCUT2D eigenvalue weighted by molar-refractivity contribution is 5.86. The average Bonchev–Trinajstić information content (AvgIpc) is 2.17. The largest absolute Gasteiger partial charge is 0.300 e. The quantitative estimate of drug-likeness (QED) is 0.758. The lowest BCUT2D eigenvalue weighted by atomic mass is 9.94. The lowest BCUT2D eigenvalue weighted by Crippen LogP contribution is -2.40. The number of carbonyl (C=O) groups excluding carboxylic acids is 1. The molecule has 16 heavy (non-hydrogen) atoms. The first-order valence-corrected chi connectivity index (χ1v) is 5.75. The number of hydrogen-bond acceptors (Lipinski definition) is 2. The van der Waals surface area contributed by atoms with E-state index in [2.05, 4.69) is 13.8 Å². The van der Waals surface area contributed by atoms with Gasteiger partial charge in [-0.1, -0.05) is 44.2 Å². The molecule has 1 aromatic carbocycles. The van der Waals surface area contributed by atoms with Crippen LogP contribution in [0, 0.1) is 5.92 Å². The van der Waals surface area contributed by atoms with E-state index in [1.165, 1.54) is 0 Å². The molecule has 0 spiro atoms. The van der Waals surface area contributed by atoms with Gasteiger partial charge in [0.15, 0.2) is 5.78 Å². The van der Waals surface area contributed by atoms with Crippen LogP contribution in [0.2, 0.25) is 0 Å². The van der Waals surface area contributed by atoms with Gasteiger partial charge in [-0.3, -0.25) is 9.69 Å². The van der Waals surface area contributed by atoms with Crippen LogP contribution in [-0.4, -0.2) is 30.8 Å². The molecule has 0 aliphatic rings. The molecular weight excluding hydrogens is 198 g/mol. The third-order valence-electron chi connectivity index (χ3n) is 2.74. The Morgan fingerprint density at radius 2 is 1.75 bits per heavy atom. The van der Waals surface area contributed by atoms with Crippen LogP contribution in [0.5, 0.6) is 0 Å². The Hall–Kier alpha value is -1.15. The van der Waals surface area contributed by atoms with Crippen molar-refractivity contribution in [3.8, 4) is 0 Å². The molecule has 0 aliphatic carbocycles. The molecule has 0 heterocycles. The zero-order valence-electron chi connectivity index (χ0n) is 10.6. The van der Waals surface area contributed by atoms with E-state index in [-0.39, 0.29) is 6.04 Å². The fourth-order valence-corrected chi connectivity index (χ4v) is 2.16. The number of nitrogens with zero attached hydrogens (tertiary/aromatic N) is 1. The SMILES string of the molecule is CC(C)C(C(=O)Cc1ccccc1)N(C)C. The maximum atomic E-state index is 12.2. The van der Waals surface area contributed by atoms with Gasteiger partial charge >= 0.3 is 0 Å². The zero-order chi connectivity index (χ0) is 12.1. The van der Waals surface area contributed by atoms with Crippen molar-refractivity contribution in [1.82, 2.24) is 4.90 Å². The van der Waals surface area contributed by atoms with Crippen molar-refractivity contribution in [1.29, 1.82) is 0 Å². The Bertz CT molecular complexity index is 322. The Kier molecular flexibility index (Phi) is 4.69. The van der Waals surface area contributed by atoms with Crippen molar-refractivity contribution in [2.75, 3.05) is 14.1 Å². The first-order valence-electron chi connectivity index (χ1n) is 5.75. The Balaban J connectivity index is 2.70. The van der Waals surface area contributed by atoms with Gasteiger partial charge in [0.05, 0.1) is 6.04 Å².